The van der Waals surface area contributed by atoms with Gasteiger partial charge in [0.2, 0.25) is 5.91 Å². The lowest BCUT2D eigenvalue weighted by atomic mass is 10.1. The van der Waals surface area contributed by atoms with Gasteiger partial charge in [-0.1, -0.05) is 35.5 Å². The third-order valence-electron chi connectivity index (χ3n) is 4.60. The number of amides is 1. The van der Waals surface area contributed by atoms with Crippen LogP contribution in [0.4, 0.5) is 14.5 Å². The summed E-state index contributed by atoms with van der Waals surface area (Å²) in [7, 11) is 0. The molecule has 0 bridgehead atoms. The Balaban J connectivity index is 1.62. The molecule has 0 radical (unpaired) electrons. The number of thioether (sulfide) groups is 1. The van der Waals surface area contributed by atoms with Crippen molar-refractivity contribution in [3.05, 3.63) is 83.6 Å². The molecule has 4 rings (SSSR count). The number of aryl methyl sites for hydroxylation is 2. The minimum atomic E-state index is -0.762. The first-order valence-electron chi connectivity index (χ1n) is 9.74. The van der Waals surface area contributed by atoms with Crippen molar-refractivity contribution in [1.82, 2.24) is 19.7 Å². The molecular weight excluding hydrogens is 432 g/mol. The molecular formula is C23H19F2N5OS. The van der Waals surface area contributed by atoms with Gasteiger partial charge in [-0.05, 0) is 49.7 Å². The van der Waals surface area contributed by atoms with E-state index in [9.17, 15) is 13.6 Å². The zero-order valence-electron chi connectivity index (χ0n) is 17.3. The van der Waals surface area contributed by atoms with Crippen LogP contribution in [0.5, 0.6) is 0 Å². The topological polar surface area (TPSA) is 72.7 Å². The average Bonchev–Trinajstić information content (AvgIpc) is 3.16. The molecule has 2 aromatic heterocycles. The van der Waals surface area contributed by atoms with Gasteiger partial charge in [0, 0.05) is 18.0 Å². The van der Waals surface area contributed by atoms with Crippen LogP contribution < -0.4 is 5.32 Å². The number of carbonyl (C=O) groups excluding carboxylic acids is 1. The molecule has 0 aliphatic rings. The minimum Gasteiger partial charge on any atom is -0.325 e. The SMILES string of the molecule is Cc1ccc(-n2c(SCC(=O)Nc3cc(F)cc(F)c3)nnc2-c2ccccn2)c(C)c1. The van der Waals surface area contributed by atoms with Gasteiger partial charge in [0.1, 0.15) is 17.3 Å². The second-order valence-corrected chi connectivity index (χ2v) is 8.08. The summed E-state index contributed by atoms with van der Waals surface area (Å²) in [5, 5.41) is 11.6. The largest absolute Gasteiger partial charge is 0.325 e. The number of hydrogen-bond acceptors (Lipinski definition) is 5. The summed E-state index contributed by atoms with van der Waals surface area (Å²) in [6.45, 7) is 4.00. The van der Waals surface area contributed by atoms with Crippen molar-refractivity contribution in [3.8, 4) is 17.2 Å². The Labute approximate surface area is 187 Å². The zero-order chi connectivity index (χ0) is 22.7. The van der Waals surface area contributed by atoms with Crippen molar-refractivity contribution in [2.45, 2.75) is 19.0 Å². The molecule has 6 nitrogen and oxygen atoms in total. The molecule has 0 atom stereocenters. The maximum absolute atomic E-state index is 13.4. The highest BCUT2D eigenvalue weighted by atomic mass is 32.2. The number of hydrogen-bond donors (Lipinski definition) is 1. The molecule has 2 aromatic carbocycles. The Hall–Kier alpha value is -3.59. The van der Waals surface area contributed by atoms with E-state index in [0.29, 0.717) is 16.7 Å². The Morgan fingerprint density at radius 1 is 1.03 bits per heavy atom. The minimum absolute atomic E-state index is 0.0244. The molecule has 32 heavy (non-hydrogen) atoms. The quantitative estimate of drug-likeness (QED) is 0.420. The molecule has 1 N–H and O–H groups in total. The van der Waals surface area contributed by atoms with Gasteiger partial charge in [-0.2, -0.15) is 0 Å². The summed E-state index contributed by atoms with van der Waals surface area (Å²) < 4.78 is 28.6. The maximum Gasteiger partial charge on any atom is 0.234 e. The number of carbonyl (C=O) groups is 1. The zero-order valence-corrected chi connectivity index (χ0v) is 18.2. The maximum atomic E-state index is 13.4. The normalized spacial score (nSPS) is 10.9. The lowest BCUT2D eigenvalue weighted by Gasteiger charge is -2.13. The van der Waals surface area contributed by atoms with Gasteiger partial charge in [0.15, 0.2) is 11.0 Å². The van der Waals surface area contributed by atoms with E-state index >= 15 is 0 Å². The van der Waals surface area contributed by atoms with Crippen molar-refractivity contribution in [2.75, 3.05) is 11.1 Å². The summed E-state index contributed by atoms with van der Waals surface area (Å²) in [6.07, 6.45) is 1.68. The molecule has 0 aliphatic heterocycles. The number of anilines is 1. The first-order chi connectivity index (χ1) is 15.4. The molecule has 0 aliphatic carbocycles. The fourth-order valence-corrected chi connectivity index (χ4v) is 4.00. The van der Waals surface area contributed by atoms with E-state index in [1.807, 2.05) is 48.7 Å². The van der Waals surface area contributed by atoms with Gasteiger partial charge in [0.05, 0.1) is 11.4 Å². The van der Waals surface area contributed by atoms with Crippen LogP contribution in [0.3, 0.4) is 0 Å². The third kappa shape index (κ3) is 4.83. The second kappa shape index (κ2) is 9.27. The van der Waals surface area contributed by atoms with E-state index in [2.05, 4.69) is 26.6 Å². The number of nitrogens with zero attached hydrogens (tertiary/aromatic N) is 4. The summed E-state index contributed by atoms with van der Waals surface area (Å²) in [5.41, 5.74) is 3.71. The number of aromatic nitrogens is 4. The van der Waals surface area contributed by atoms with Crippen LogP contribution in [0.2, 0.25) is 0 Å². The Bertz CT molecular complexity index is 1260. The smallest absolute Gasteiger partial charge is 0.234 e. The molecule has 9 heteroatoms. The fourth-order valence-electron chi connectivity index (χ4n) is 3.25. The molecule has 0 saturated heterocycles. The van der Waals surface area contributed by atoms with Crippen molar-refractivity contribution < 1.29 is 13.6 Å². The average molecular weight is 452 g/mol. The van der Waals surface area contributed by atoms with E-state index in [0.717, 1.165) is 35.0 Å². The molecule has 0 fully saturated rings. The predicted molar refractivity (Wildman–Crippen MR) is 120 cm³/mol. The predicted octanol–water partition coefficient (Wildman–Crippen LogP) is 4.96. The molecule has 0 saturated carbocycles. The summed E-state index contributed by atoms with van der Waals surface area (Å²) >= 11 is 1.17. The number of halogens is 2. The van der Waals surface area contributed by atoms with Crippen LogP contribution in [0, 0.1) is 25.5 Å². The van der Waals surface area contributed by atoms with Gasteiger partial charge in [0.25, 0.3) is 0 Å². The number of rotatable bonds is 6. The highest BCUT2D eigenvalue weighted by Crippen LogP contribution is 2.29. The van der Waals surface area contributed by atoms with Gasteiger partial charge in [-0.3, -0.25) is 14.3 Å². The molecule has 2 heterocycles. The summed E-state index contributed by atoms with van der Waals surface area (Å²) in [4.78, 5) is 16.8. The van der Waals surface area contributed by atoms with E-state index in [4.69, 9.17) is 0 Å². The van der Waals surface area contributed by atoms with Crippen LogP contribution in [-0.4, -0.2) is 31.4 Å². The van der Waals surface area contributed by atoms with Crippen LogP contribution in [0.25, 0.3) is 17.2 Å². The highest BCUT2D eigenvalue weighted by Gasteiger charge is 2.19. The molecule has 0 spiro atoms. The van der Waals surface area contributed by atoms with Gasteiger partial charge in [-0.15, -0.1) is 10.2 Å². The lowest BCUT2D eigenvalue weighted by Crippen LogP contribution is -2.15. The second-order valence-electron chi connectivity index (χ2n) is 7.14. The first-order valence-corrected chi connectivity index (χ1v) is 10.7. The van der Waals surface area contributed by atoms with Crippen LogP contribution in [0.15, 0.2) is 66.0 Å². The van der Waals surface area contributed by atoms with Crippen molar-refractivity contribution in [2.24, 2.45) is 0 Å². The van der Waals surface area contributed by atoms with Gasteiger partial charge < -0.3 is 5.32 Å². The van der Waals surface area contributed by atoms with Gasteiger partial charge >= 0.3 is 0 Å². The molecule has 0 unspecified atom stereocenters. The fraction of sp³-hybridized carbons (Fsp3) is 0.130. The van der Waals surface area contributed by atoms with Crippen molar-refractivity contribution >= 4 is 23.4 Å². The lowest BCUT2D eigenvalue weighted by molar-refractivity contribution is -0.113. The van der Waals surface area contributed by atoms with E-state index in [1.54, 1.807) is 6.20 Å². The van der Waals surface area contributed by atoms with E-state index in [1.165, 1.54) is 11.8 Å². The van der Waals surface area contributed by atoms with Crippen LogP contribution in [0.1, 0.15) is 11.1 Å². The number of nitrogens with one attached hydrogen (secondary N) is 1. The third-order valence-corrected chi connectivity index (χ3v) is 5.53. The molecule has 162 valence electrons. The molecule has 1 amide bonds. The van der Waals surface area contributed by atoms with E-state index < -0.39 is 17.5 Å². The Morgan fingerprint density at radius 2 is 1.81 bits per heavy atom. The van der Waals surface area contributed by atoms with Crippen molar-refractivity contribution in [3.63, 3.8) is 0 Å². The van der Waals surface area contributed by atoms with Crippen LogP contribution in [-0.2, 0) is 4.79 Å². The monoisotopic (exact) mass is 451 g/mol. The van der Waals surface area contributed by atoms with Crippen molar-refractivity contribution in [1.29, 1.82) is 0 Å². The Morgan fingerprint density at radius 3 is 2.50 bits per heavy atom. The molecule has 4 aromatic rings. The van der Waals surface area contributed by atoms with Gasteiger partial charge in [-0.25, -0.2) is 8.78 Å². The van der Waals surface area contributed by atoms with E-state index in [-0.39, 0.29) is 11.4 Å². The Kier molecular flexibility index (Phi) is 6.27. The van der Waals surface area contributed by atoms with Crippen LogP contribution >= 0.6 is 11.8 Å². The number of pyridine rings is 1. The highest BCUT2D eigenvalue weighted by molar-refractivity contribution is 7.99. The first kappa shape index (κ1) is 21.6. The number of benzene rings is 2. The standard InChI is InChI=1S/C23H19F2N5OS/c1-14-6-7-20(15(2)9-14)30-22(19-5-3-4-8-26-19)28-29-23(30)32-13-21(31)27-18-11-16(24)10-17(25)12-18/h3-12H,13H2,1-2H3,(H,27,31). The summed E-state index contributed by atoms with van der Waals surface area (Å²) in [5.74, 6) is -1.42. The summed E-state index contributed by atoms with van der Waals surface area (Å²) in [6, 6.07) is 14.4.